The van der Waals surface area contributed by atoms with Crippen molar-refractivity contribution < 1.29 is 19.1 Å². The van der Waals surface area contributed by atoms with Crippen molar-refractivity contribution in [3.8, 4) is 5.88 Å². The van der Waals surface area contributed by atoms with Gasteiger partial charge in [0.25, 0.3) is 0 Å². The number of amides is 2. The Balaban J connectivity index is 1.93. The molecule has 0 radical (unpaired) electrons. The van der Waals surface area contributed by atoms with Crippen LogP contribution in [-0.4, -0.2) is 47.7 Å². The predicted octanol–water partition coefficient (Wildman–Crippen LogP) is 2.68. The molecule has 1 fully saturated rings. The normalized spacial score (nSPS) is 18.0. The van der Waals surface area contributed by atoms with Crippen LogP contribution in [0.15, 0.2) is 18.3 Å². The van der Waals surface area contributed by atoms with Crippen molar-refractivity contribution in [3.05, 3.63) is 18.3 Å². The van der Waals surface area contributed by atoms with Crippen LogP contribution in [0.1, 0.15) is 33.6 Å². The SMILES string of the molecule is COc1ccc(NC(=O)C2CCCN(C(=O)OC(C)(C)C)C2)cn1. The Morgan fingerprint density at radius 1 is 1.33 bits per heavy atom. The van der Waals surface area contributed by atoms with Crippen LogP contribution in [0.25, 0.3) is 0 Å². The number of carbonyl (C=O) groups is 2. The molecule has 0 bridgehead atoms. The van der Waals surface area contributed by atoms with Gasteiger partial charge in [0.1, 0.15) is 5.60 Å². The first-order chi connectivity index (χ1) is 11.3. The Morgan fingerprint density at radius 3 is 2.67 bits per heavy atom. The summed E-state index contributed by atoms with van der Waals surface area (Å²) in [5.74, 6) is 0.116. The second-order valence-electron chi connectivity index (χ2n) is 6.84. The third-order valence-electron chi connectivity index (χ3n) is 3.66. The van der Waals surface area contributed by atoms with Crippen LogP contribution in [0.3, 0.4) is 0 Å². The van der Waals surface area contributed by atoms with E-state index in [1.54, 1.807) is 23.2 Å². The Kier molecular flexibility index (Phi) is 5.64. The number of nitrogens with zero attached hydrogens (tertiary/aromatic N) is 2. The molecule has 2 amide bonds. The molecule has 1 aromatic rings. The van der Waals surface area contributed by atoms with Crippen molar-refractivity contribution in [2.45, 2.75) is 39.2 Å². The zero-order valence-electron chi connectivity index (χ0n) is 14.7. The number of anilines is 1. The third kappa shape index (κ3) is 5.11. The zero-order valence-corrected chi connectivity index (χ0v) is 14.7. The summed E-state index contributed by atoms with van der Waals surface area (Å²) in [5, 5.41) is 2.83. The molecule has 7 nitrogen and oxygen atoms in total. The molecule has 2 heterocycles. The van der Waals surface area contributed by atoms with Crippen molar-refractivity contribution in [2.24, 2.45) is 5.92 Å². The summed E-state index contributed by atoms with van der Waals surface area (Å²) in [5.41, 5.74) is 0.0660. The predicted molar refractivity (Wildman–Crippen MR) is 89.9 cm³/mol. The van der Waals surface area contributed by atoms with Crippen LogP contribution in [0.4, 0.5) is 10.5 Å². The van der Waals surface area contributed by atoms with Crippen LogP contribution >= 0.6 is 0 Å². The third-order valence-corrected chi connectivity index (χ3v) is 3.66. The Hall–Kier alpha value is -2.31. The van der Waals surface area contributed by atoms with Crippen molar-refractivity contribution in [1.82, 2.24) is 9.88 Å². The monoisotopic (exact) mass is 335 g/mol. The highest BCUT2D eigenvalue weighted by atomic mass is 16.6. The molecular weight excluding hydrogens is 310 g/mol. The largest absolute Gasteiger partial charge is 0.481 e. The number of methoxy groups -OCH3 is 1. The van der Waals surface area contributed by atoms with E-state index >= 15 is 0 Å². The van der Waals surface area contributed by atoms with Gasteiger partial charge in [-0.05, 0) is 39.7 Å². The molecule has 0 spiro atoms. The van der Waals surface area contributed by atoms with E-state index < -0.39 is 5.60 Å². The number of hydrogen-bond donors (Lipinski definition) is 1. The lowest BCUT2D eigenvalue weighted by Crippen LogP contribution is -2.45. The van der Waals surface area contributed by atoms with Gasteiger partial charge >= 0.3 is 6.09 Å². The van der Waals surface area contributed by atoms with Gasteiger partial charge < -0.3 is 19.7 Å². The van der Waals surface area contributed by atoms with Gasteiger partial charge in [0.05, 0.1) is 24.9 Å². The summed E-state index contributed by atoms with van der Waals surface area (Å²) in [6.07, 6.45) is 2.70. The number of ether oxygens (including phenoxy) is 2. The van der Waals surface area contributed by atoms with Crippen LogP contribution in [0.5, 0.6) is 5.88 Å². The average Bonchev–Trinajstić information content (AvgIpc) is 2.54. The Labute approximate surface area is 142 Å². The van der Waals surface area contributed by atoms with Crippen molar-refractivity contribution >= 4 is 17.7 Å². The summed E-state index contributed by atoms with van der Waals surface area (Å²) in [7, 11) is 1.54. The molecule has 0 aliphatic carbocycles. The van der Waals surface area contributed by atoms with Crippen molar-refractivity contribution in [3.63, 3.8) is 0 Å². The molecule has 1 aliphatic heterocycles. The number of carbonyl (C=O) groups excluding carboxylic acids is 2. The standard InChI is InChI=1S/C17H25N3O4/c1-17(2,3)24-16(22)20-9-5-6-12(11-20)15(21)19-13-7-8-14(23-4)18-10-13/h7-8,10,12H,5-6,9,11H2,1-4H3,(H,19,21). The van der Waals surface area contributed by atoms with Gasteiger partial charge in [-0.15, -0.1) is 0 Å². The number of nitrogens with one attached hydrogen (secondary N) is 1. The number of pyridine rings is 1. The fourth-order valence-corrected chi connectivity index (χ4v) is 2.50. The Morgan fingerprint density at radius 2 is 2.08 bits per heavy atom. The highest BCUT2D eigenvalue weighted by molar-refractivity contribution is 5.92. The number of aromatic nitrogens is 1. The van der Waals surface area contributed by atoms with Gasteiger partial charge in [0.15, 0.2) is 0 Å². The maximum atomic E-state index is 12.4. The number of hydrogen-bond acceptors (Lipinski definition) is 5. The Bertz CT molecular complexity index is 580. The average molecular weight is 335 g/mol. The fourth-order valence-electron chi connectivity index (χ4n) is 2.50. The maximum absolute atomic E-state index is 12.4. The van der Waals surface area contributed by atoms with E-state index in [1.807, 2.05) is 20.8 Å². The van der Waals surface area contributed by atoms with Gasteiger partial charge in [-0.3, -0.25) is 4.79 Å². The second kappa shape index (κ2) is 7.51. The highest BCUT2D eigenvalue weighted by Gasteiger charge is 2.31. The topological polar surface area (TPSA) is 80.8 Å². The van der Waals surface area contributed by atoms with Crippen LogP contribution in [0.2, 0.25) is 0 Å². The van der Waals surface area contributed by atoms with Gasteiger partial charge in [-0.25, -0.2) is 9.78 Å². The van der Waals surface area contributed by atoms with E-state index in [2.05, 4.69) is 10.3 Å². The number of piperidine rings is 1. The lowest BCUT2D eigenvalue weighted by Gasteiger charge is -2.33. The van der Waals surface area contributed by atoms with Gasteiger partial charge in [0, 0.05) is 19.2 Å². The number of rotatable bonds is 3. The molecule has 1 atom stereocenters. The summed E-state index contributed by atoms with van der Waals surface area (Å²) < 4.78 is 10.4. The molecule has 7 heteroatoms. The number of likely N-dealkylation sites (tertiary alicyclic amines) is 1. The van der Waals surface area contributed by atoms with E-state index in [4.69, 9.17) is 9.47 Å². The van der Waals surface area contributed by atoms with E-state index in [9.17, 15) is 9.59 Å². The minimum Gasteiger partial charge on any atom is -0.481 e. The summed E-state index contributed by atoms with van der Waals surface area (Å²) in [4.78, 5) is 30.2. The van der Waals surface area contributed by atoms with Gasteiger partial charge in [-0.1, -0.05) is 0 Å². The van der Waals surface area contributed by atoms with Gasteiger partial charge in [-0.2, -0.15) is 0 Å². The maximum Gasteiger partial charge on any atom is 0.410 e. The summed E-state index contributed by atoms with van der Waals surface area (Å²) in [6.45, 7) is 6.47. The van der Waals surface area contributed by atoms with Crippen LogP contribution < -0.4 is 10.1 Å². The molecule has 0 saturated carbocycles. The fraction of sp³-hybridized carbons (Fsp3) is 0.588. The van der Waals surface area contributed by atoms with E-state index in [0.717, 1.165) is 12.8 Å². The zero-order chi connectivity index (χ0) is 17.7. The lowest BCUT2D eigenvalue weighted by atomic mass is 9.97. The minimum atomic E-state index is -0.541. The molecule has 1 N–H and O–H groups in total. The van der Waals surface area contributed by atoms with E-state index in [1.165, 1.54) is 7.11 Å². The summed E-state index contributed by atoms with van der Waals surface area (Å²) >= 11 is 0. The van der Waals surface area contributed by atoms with E-state index in [-0.39, 0.29) is 17.9 Å². The second-order valence-corrected chi connectivity index (χ2v) is 6.84. The van der Waals surface area contributed by atoms with Crippen molar-refractivity contribution in [2.75, 3.05) is 25.5 Å². The molecule has 1 aliphatic rings. The first kappa shape index (κ1) is 18.0. The first-order valence-corrected chi connectivity index (χ1v) is 8.07. The summed E-state index contributed by atoms with van der Waals surface area (Å²) in [6, 6.07) is 3.42. The van der Waals surface area contributed by atoms with Gasteiger partial charge in [0.2, 0.25) is 11.8 Å². The highest BCUT2D eigenvalue weighted by Crippen LogP contribution is 2.21. The molecule has 0 aromatic carbocycles. The molecular formula is C17H25N3O4. The van der Waals surface area contributed by atoms with Crippen LogP contribution in [0, 0.1) is 5.92 Å². The molecule has 1 unspecified atom stereocenters. The molecule has 1 saturated heterocycles. The molecule has 2 rings (SSSR count). The first-order valence-electron chi connectivity index (χ1n) is 8.07. The van der Waals surface area contributed by atoms with E-state index in [0.29, 0.717) is 24.7 Å². The minimum absolute atomic E-state index is 0.116. The molecule has 132 valence electrons. The lowest BCUT2D eigenvalue weighted by molar-refractivity contribution is -0.121. The smallest absolute Gasteiger partial charge is 0.410 e. The molecule has 1 aromatic heterocycles. The molecule has 24 heavy (non-hydrogen) atoms. The van der Waals surface area contributed by atoms with Crippen molar-refractivity contribution in [1.29, 1.82) is 0 Å². The quantitative estimate of drug-likeness (QED) is 0.918. The van der Waals surface area contributed by atoms with Crippen LogP contribution in [-0.2, 0) is 9.53 Å².